The molecule has 0 aliphatic heterocycles. The molecule has 0 spiro atoms. The number of ether oxygens (including phenoxy) is 1. The number of hydrogen-bond acceptors (Lipinski definition) is 4. The fourth-order valence-electron chi connectivity index (χ4n) is 2.90. The number of fused-ring (bicyclic) bond motifs is 1. The van der Waals surface area contributed by atoms with Crippen LogP contribution in [0, 0.1) is 0 Å². The van der Waals surface area contributed by atoms with Crippen LogP contribution in [0.4, 0.5) is 0 Å². The van der Waals surface area contributed by atoms with Crippen LogP contribution in [0.25, 0.3) is 21.3 Å². The normalized spacial score (nSPS) is 12.3. The lowest BCUT2D eigenvalue weighted by atomic mass is 10.0. The van der Waals surface area contributed by atoms with Crippen LogP contribution in [0.2, 0.25) is 0 Å². The van der Waals surface area contributed by atoms with Crippen molar-refractivity contribution in [3.63, 3.8) is 0 Å². The average Bonchev–Trinajstić information content (AvgIpc) is 3.09. The van der Waals surface area contributed by atoms with Crippen LogP contribution in [0.15, 0.2) is 48.0 Å². The standard InChI is InChI=1S/C20H22N2O2S/c1-4-24-14(2)12-22(3)20(23)17-7-5-6-15(10-17)16-8-9-19-18(11-16)21-13-25-19/h5-11,13-14H,4,12H2,1-3H3/t14-/m1/s1. The zero-order valence-electron chi connectivity index (χ0n) is 14.7. The molecule has 3 aromatic rings. The molecule has 130 valence electrons. The van der Waals surface area contributed by atoms with Crippen molar-refractivity contribution in [2.45, 2.75) is 20.0 Å². The molecule has 1 heterocycles. The topological polar surface area (TPSA) is 42.4 Å². The minimum absolute atomic E-state index is 0.00291. The smallest absolute Gasteiger partial charge is 0.253 e. The largest absolute Gasteiger partial charge is 0.377 e. The summed E-state index contributed by atoms with van der Waals surface area (Å²) < 4.78 is 6.69. The van der Waals surface area contributed by atoms with E-state index in [1.165, 1.54) is 4.70 Å². The van der Waals surface area contributed by atoms with E-state index in [-0.39, 0.29) is 12.0 Å². The maximum atomic E-state index is 12.7. The van der Waals surface area contributed by atoms with Gasteiger partial charge < -0.3 is 9.64 Å². The molecule has 4 nitrogen and oxygen atoms in total. The average molecular weight is 354 g/mol. The van der Waals surface area contributed by atoms with E-state index in [0.717, 1.165) is 16.6 Å². The van der Waals surface area contributed by atoms with Gasteiger partial charge in [-0.3, -0.25) is 4.79 Å². The molecule has 0 radical (unpaired) electrons. The lowest BCUT2D eigenvalue weighted by Crippen LogP contribution is -2.34. The lowest BCUT2D eigenvalue weighted by Gasteiger charge is -2.21. The number of hydrogen-bond donors (Lipinski definition) is 0. The molecule has 0 unspecified atom stereocenters. The minimum atomic E-state index is 0.00291. The molecule has 0 fully saturated rings. The monoisotopic (exact) mass is 354 g/mol. The maximum absolute atomic E-state index is 12.7. The summed E-state index contributed by atoms with van der Waals surface area (Å²) in [6.07, 6.45) is 0.0224. The number of benzene rings is 2. The summed E-state index contributed by atoms with van der Waals surface area (Å²) in [6, 6.07) is 14.0. The Bertz CT molecular complexity index is 875. The molecule has 25 heavy (non-hydrogen) atoms. The molecule has 0 N–H and O–H groups in total. The second-order valence-corrected chi connectivity index (χ2v) is 6.95. The summed E-state index contributed by atoms with van der Waals surface area (Å²) in [7, 11) is 1.81. The van der Waals surface area contributed by atoms with E-state index < -0.39 is 0 Å². The molecule has 0 bridgehead atoms. The molecule has 0 aliphatic carbocycles. The summed E-state index contributed by atoms with van der Waals surface area (Å²) >= 11 is 1.63. The first-order chi connectivity index (χ1) is 12.1. The van der Waals surface area contributed by atoms with Crippen molar-refractivity contribution in [2.75, 3.05) is 20.2 Å². The molecule has 3 rings (SSSR count). The van der Waals surface area contributed by atoms with E-state index in [0.29, 0.717) is 18.7 Å². The predicted octanol–water partition coefficient (Wildman–Crippen LogP) is 4.46. The van der Waals surface area contributed by atoms with Crippen molar-refractivity contribution in [1.82, 2.24) is 9.88 Å². The second kappa shape index (κ2) is 7.76. The van der Waals surface area contributed by atoms with Gasteiger partial charge in [-0.15, -0.1) is 11.3 Å². The zero-order chi connectivity index (χ0) is 17.8. The Morgan fingerprint density at radius 1 is 1.24 bits per heavy atom. The van der Waals surface area contributed by atoms with Gasteiger partial charge in [-0.1, -0.05) is 18.2 Å². The Balaban J connectivity index is 1.81. The molecular weight excluding hydrogens is 332 g/mol. The van der Waals surface area contributed by atoms with Gasteiger partial charge in [-0.25, -0.2) is 4.98 Å². The number of carbonyl (C=O) groups is 1. The second-order valence-electron chi connectivity index (χ2n) is 6.07. The first kappa shape index (κ1) is 17.6. The highest BCUT2D eigenvalue weighted by molar-refractivity contribution is 7.16. The quantitative estimate of drug-likeness (QED) is 0.656. The summed E-state index contributed by atoms with van der Waals surface area (Å²) in [4.78, 5) is 18.8. The molecular formula is C20H22N2O2S. The zero-order valence-corrected chi connectivity index (χ0v) is 15.5. The summed E-state index contributed by atoms with van der Waals surface area (Å²) in [6.45, 7) is 5.16. The van der Waals surface area contributed by atoms with Gasteiger partial charge in [0.1, 0.15) is 0 Å². The first-order valence-corrected chi connectivity index (χ1v) is 9.27. The van der Waals surface area contributed by atoms with E-state index in [2.05, 4.69) is 23.2 Å². The number of amides is 1. The maximum Gasteiger partial charge on any atom is 0.253 e. The van der Waals surface area contributed by atoms with Gasteiger partial charge in [0.05, 0.1) is 21.8 Å². The van der Waals surface area contributed by atoms with Gasteiger partial charge in [0, 0.05) is 25.8 Å². The van der Waals surface area contributed by atoms with E-state index in [9.17, 15) is 4.79 Å². The van der Waals surface area contributed by atoms with Gasteiger partial charge in [-0.05, 0) is 49.2 Å². The number of rotatable bonds is 6. The van der Waals surface area contributed by atoms with E-state index in [1.54, 1.807) is 16.2 Å². The molecule has 0 aliphatic rings. The highest BCUT2D eigenvalue weighted by atomic mass is 32.1. The molecule has 1 amide bonds. The fourth-order valence-corrected chi connectivity index (χ4v) is 3.55. The van der Waals surface area contributed by atoms with Crippen molar-refractivity contribution in [1.29, 1.82) is 0 Å². The van der Waals surface area contributed by atoms with Crippen molar-refractivity contribution in [2.24, 2.45) is 0 Å². The van der Waals surface area contributed by atoms with Gasteiger partial charge >= 0.3 is 0 Å². The molecule has 1 aromatic heterocycles. The Labute approximate surface area is 152 Å². The highest BCUT2D eigenvalue weighted by Crippen LogP contribution is 2.26. The van der Waals surface area contributed by atoms with Crippen LogP contribution in [0.5, 0.6) is 0 Å². The summed E-state index contributed by atoms with van der Waals surface area (Å²) in [5, 5.41) is 0. The molecule has 0 saturated heterocycles. The van der Waals surface area contributed by atoms with Crippen LogP contribution in [-0.2, 0) is 4.74 Å². The van der Waals surface area contributed by atoms with E-state index in [4.69, 9.17) is 4.74 Å². The summed E-state index contributed by atoms with van der Waals surface area (Å²) in [5.41, 5.74) is 5.61. The molecule has 5 heteroatoms. The number of carbonyl (C=O) groups excluding carboxylic acids is 1. The van der Waals surface area contributed by atoms with E-state index >= 15 is 0 Å². The fraction of sp³-hybridized carbons (Fsp3) is 0.300. The Morgan fingerprint density at radius 2 is 2.04 bits per heavy atom. The van der Waals surface area contributed by atoms with Gasteiger partial charge in [-0.2, -0.15) is 0 Å². The van der Waals surface area contributed by atoms with Crippen molar-refractivity contribution in [3.05, 3.63) is 53.5 Å². The van der Waals surface area contributed by atoms with Crippen molar-refractivity contribution < 1.29 is 9.53 Å². The first-order valence-electron chi connectivity index (χ1n) is 8.39. The third-order valence-electron chi connectivity index (χ3n) is 4.10. The molecule has 2 aromatic carbocycles. The van der Waals surface area contributed by atoms with Crippen LogP contribution in [0.1, 0.15) is 24.2 Å². The Morgan fingerprint density at radius 3 is 2.84 bits per heavy atom. The number of likely N-dealkylation sites (N-methyl/N-ethyl adjacent to an activating group) is 1. The predicted molar refractivity (Wildman–Crippen MR) is 103 cm³/mol. The van der Waals surface area contributed by atoms with Crippen molar-refractivity contribution in [3.8, 4) is 11.1 Å². The van der Waals surface area contributed by atoms with Crippen LogP contribution in [-0.4, -0.2) is 42.1 Å². The molecule has 0 saturated carbocycles. The highest BCUT2D eigenvalue weighted by Gasteiger charge is 2.15. The van der Waals surface area contributed by atoms with Gasteiger partial charge in [0.15, 0.2) is 0 Å². The Hall–Kier alpha value is -2.24. The van der Waals surface area contributed by atoms with E-state index in [1.807, 2.05) is 50.7 Å². The third kappa shape index (κ3) is 4.06. The van der Waals surface area contributed by atoms with Gasteiger partial charge in [0.2, 0.25) is 0 Å². The number of thiazole rings is 1. The van der Waals surface area contributed by atoms with Crippen LogP contribution < -0.4 is 0 Å². The number of aromatic nitrogens is 1. The van der Waals surface area contributed by atoms with Crippen molar-refractivity contribution >= 4 is 27.5 Å². The number of nitrogens with zero attached hydrogens (tertiary/aromatic N) is 2. The Kier molecular flexibility index (Phi) is 5.46. The van der Waals surface area contributed by atoms with Crippen LogP contribution >= 0.6 is 11.3 Å². The third-order valence-corrected chi connectivity index (χ3v) is 4.91. The SMILES string of the molecule is CCO[C@H](C)CN(C)C(=O)c1cccc(-c2ccc3scnc3c2)c1. The van der Waals surface area contributed by atoms with Gasteiger partial charge in [0.25, 0.3) is 5.91 Å². The summed E-state index contributed by atoms with van der Waals surface area (Å²) in [5.74, 6) is 0.00291. The minimum Gasteiger partial charge on any atom is -0.377 e. The van der Waals surface area contributed by atoms with Crippen LogP contribution in [0.3, 0.4) is 0 Å². The molecule has 1 atom stereocenters. The lowest BCUT2D eigenvalue weighted by molar-refractivity contribution is 0.0436.